The lowest BCUT2D eigenvalue weighted by Crippen LogP contribution is -2.45. The third-order valence-corrected chi connectivity index (χ3v) is 4.99. The molecule has 144 valence electrons. The van der Waals surface area contributed by atoms with Crippen LogP contribution in [0.1, 0.15) is 34.2 Å². The normalized spacial score (nSPS) is 16.2. The molecule has 1 saturated heterocycles. The van der Waals surface area contributed by atoms with Crippen LogP contribution in [0.25, 0.3) is 0 Å². The lowest BCUT2D eigenvalue weighted by molar-refractivity contribution is 0.0938. The number of hydrogen-bond acceptors (Lipinski definition) is 6. The number of carbonyl (C=O) groups is 1. The number of amides is 1. The zero-order valence-electron chi connectivity index (χ0n) is 16.6. The van der Waals surface area contributed by atoms with E-state index in [0.29, 0.717) is 23.6 Å². The van der Waals surface area contributed by atoms with Crippen LogP contribution in [0, 0.1) is 13.8 Å². The highest BCUT2D eigenvalue weighted by Gasteiger charge is 2.19. The molecule has 0 saturated carbocycles. The molecule has 3 heterocycles. The van der Waals surface area contributed by atoms with Gasteiger partial charge in [-0.3, -0.25) is 9.78 Å². The molecule has 2 aromatic heterocycles. The van der Waals surface area contributed by atoms with Gasteiger partial charge < -0.3 is 15.1 Å². The van der Waals surface area contributed by atoms with Gasteiger partial charge >= 0.3 is 0 Å². The molecule has 0 radical (unpaired) electrons. The van der Waals surface area contributed by atoms with Gasteiger partial charge in [-0.15, -0.1) is 0 Å². The summed E-state index contributed by atoms with van der Waals surface area (Å²) in [5, 5.41) is 3.04. The van der Waals surface area contributed by atoms with Gasteiger partial charge in [0.05, 0.1) is 11.3 Å². The number of aromatic nitrogens is 3. The first-order chi connectivity index (χ1) is 12.9. The number of aryl methyl sites for hydroxylation is 2. The van der Waals surface area contributed by atoms with Crippen LogP contribution in [0.2, 0.25) is 0 Å². The Labute approximate surface area is 160 Å². The monoisotopic (exact) mass is 368 g/mol. The van der Waals surface area contributed by atoms with Gasteiger partial charge in [-0.05, 0) is 39.4 Å². The van der Waals surface area contributed by atoms with Crippen molar-refractivity contribution in [2.24, 2.45) is 0 Å². The van der Waals surface area contributed by atoms with Crippen LogP contribution in [-0.2, 0) is 6.42 Å². The van der Waals surface area contributed by atoms with Crippen LogP contribution in [-0.4, -0.2) is 65.0 Å². The number of piperazine rings is 1. The molecule has 7 heteroatoms. The van der Waals surface area contributed by atoms with Crippen molar-refractivity contribution < 1.29 is 4.79 Å². The number of anilines is 1. The standard InChI is InChI=1S/C20H28N6O/c1-14-6-5-7-21-18(14)12-15(2)23-19(27)17-13-22-20(24-16(17)3)26-10-8-25(4)9-11-26/h5-7,13,15H,8-12H2,1-4H3,(H,23,27). The van der Waals surface area contributed by atoms with Crippen molar-refractivity contribution in [1.29, 1.82) is 0 Å². The summed E-state index contributed by atoms with van der Waals surface area (Å²) >= 11 is 0. The Hall–Kier alpha value is -2.54. The van der Waals surface area contributed by atoms with Crippen LogP contribution < -0.4 is 10.2 Å². The Morgan fingerprint density at radius 2 is 1.96 bits per heavy atom. The molecule has 3 rings (SSSR count). The van der Waals surface area contributed by atoms with E-state index in [1.165, 1.54) is 0 Å². The SMILES string of the molecule is Cc1cccnc1CC(C)NC(=O)c1cnc(N2CCN(C)CC2)nc1C. The molecule has 27 heavy (non-hydrogen) atoms. The average molecular weight is 368 g/mol. The van der Waals surface area contributed by atoms with Crippen molar-refractivity contribution in [3.8, 4) is 0 Å². The second-order valence-electron chi connectivity index (χ2n) is 7.31. The van der Waals surface area contributed by atoms with Gasteiger partial charge in [0.15, 0.2) is 0 Å². The Morgan fingerprint density at radius 1 is 1.22 bits per heavy atom. The highest BCUT2D eigenvalue weighted by Crippen LogP contribution is 2.14. The summed E-state index contributed by atoms with van der Waals surface area (Å²) in [6.45, 7) is 9.69. The first-order valence-electron chi connectivity index (χ1n) is 9.42. The molecular weight excluding hydrogens is 340 g/mol. The summed E-state index contributed by atoms with van der Waals surface area (Å²) < 4.78 is 0. The van der Waals surface area contributed by atoms with Crippen molar-refractivity contribution in [2.75, 3.05) is 38.1 Å². The quantitative estimate of drug-likeness (QED) is 0.864. The van der Waals surface area contributed by atoms with Gasteiger partial charge in [-0.2, -0.15) is 0 Å². The van der Waals surface area contributed by atoms with E-state index >= 15 is 0 Å². The fourth-order valence-electron chi connectivity index (χ4n) is 3.21. The van der Waals surface area contributed by atoms with E-state index in [0.717, 1.165) is 37.4 Å². The predicted octanol–water partition coefficient (Wildman–Crippen LogP) is 1.60. The third-order valence-electron chi connectivity index (χ3n) is 4.99. The van der Waals surface area contributed by atoms with Crippen LogP contribution in [0.15, 0.2) is 24.5 Å². The maximum atomic E-state index is 12.6. The molecule has 7 nitrogen and oxygen atoms in total. The van der Waals surface area contributed by atoms with E-state index in [1.807, 2.05) is 32.9 Å². The molecule has 0 aromatic carbocycles. The average Bonchev–Trinajstić information content (AvgIpc) is 2.64. The van der Waals surface area contributed by atoms with E-state index in [1.54, 1.807) is 12.4 Å². The Morgan fingerprint density at radius 3 is 2.63 bits per heavy atom. The van der Waals surface area contributed by atoms with Crippen molar-refractivity contribution in [1.82, 2.24) is 25.2 Å². The van der Waals surface area contributed by atoms with E-state index in [4.69, 9.17) is 0 Å². The number of hydrogen-bond donors (Lipinski definition) is 1. The first kappa shape index (κ1) is 19.2. The van der Waals surface area contributed by atoms with Crippen molar-refractivity contribution >= 4 is 11.9 Å². The number of nitrogens with one attached hydrogen (secondary N) is 1. The maximum absolute atomic E-state index is 12.6. The van der Waals surface area contributed by atoms with Crippen LogP contribution in [0.3, 0.4) is 0 Å². The van der Waals surface area contributed by atoms with Crippen molar-refractivity contribution in [2.45, 2.75) is 33.2 Å². The number of nitrogens with zero attached hydrogens (tertiary/aromatic N) is 5. The van der Waals surface area contributed by atoms with Crippen LogP contribution in [0.5, 0.6) is 0 Å². The molecule has 1 aliphatic rings. The van der Waals surface area contributed by atoms with Gasteiger partial charge in [0.1, 0.15) is 0 Å². The van der Waals surface area contributed by atoms with Crippen molar-refractivity contribution in [3.05, 3.63) is 47.0 Å². The lowest BCUT2D eigenvalue weighted by atomic mass is 10.1. The summed E-state index contributed by atoms with van der Waals surface area (Å²) in [6, 6.07) is 3.93. The van der Waals surface area contributed by atoms with E-state index in [2.05, 4.69) is 37.1 Å². The first-order valence-corrected chi connectivity index (χ1v) is 9.42. The molecule has 1 aliphatic heterocycles. The second kappa shape index (κ2) is 8.43. The van der Waals surface area contributed by atoms with Crippen molar-refractivity contribution in [3.63, 3.8) is 0 Å². The summed E-state index contributed by atoms with van der Waals surface area (Å²) in [5.41, 5.74) is 3.37. The summed E-state index contributed by atoms with van der Waals surface area (Å²) in [7, 11) is 2.12. The summed E-state index contributed by atoms with van der Waals surface area (Å²) in [4.78, 5) is 30.5. The molecule has 2 aromatic rings. The van der Waals surface area contributed by atoms with Gasteiger partial charge in [0, 0.05) is 56.7 Å². The number of rotatable bonds is 5. The number of likely N-dealkylation sites (N-methyl/N-ethyl adjacent to an activating group) is 1. The van der Waals surface area contributed by atoms with E-state index in [9.17, 15) is 4.79 Å². The summed E-state index contributed by atoms with van der Waals surface area (Å²) in [5.74, 6) is 0.563. The molecule has 0 spiro atoms. The minimum Gasteiger partial charge on any atom is -0.349 e. The molecular formula is C20H28N6O. The Kier molecular flexibility index (Phi) is 6.01. The molecule has 0 bridgehead atoms. The number of carbonyl (C=O) groups excluding carboxylic acids is 1. The highest BCUT2D eigenvalue weighted by molar-refractivity contribution is 5.95. The minimum atomic E-state index is -0.140. The molecule has 1 fully saturated rings. The van der Waals surface area contributed by atoms with Crippen LogP contribution >= 0.6 is 0 Å². The molecule has 0 aliphatic carbocycles. The van der Waals surface area contributed by atoms with Gasteiger partial charge in [0.25, 0.3) is 5.91 Å². The number of pyridine rings is 1. The van der Waals surface area contributed by atoms with Gasteiger partial charge in [-0.25, -0.2) is 9.97 Å². The Bertz CT molecular complexity index is 801. The largest absolute Gasteiger partial charge is 0.349 e. The fraction of sp³-hybridized carbons (Fsp3) is 0.500. The van der Waals surface area contributed by atoms with E-state index in [-0.39, 0.29) is 11.9 Å². The Balaban J connectivity index is 1.63. The molecule has 1 unspecified atom stereocenters. The zero-order valence-corrected chi connectivity index (χ0v) is 16.6. The minimum absolute atomic E-state index is 0.0252. The molecule has 1 amide bonds. The van der Waals surface area contributed by atoms with E-state index < -0.39 is 0 Å². The second-order valence-corrected chi connectivity index (χ2v) is 7.31. The highest BCUT2D eigenvalue weighted by atomic mass is 16.1. The zero-order chi connectivity index (χ0) is 19.4. The fourth-order valence-corrected chi connectivity index (χ4v) is 3.21. The van der Waals surface area contributed by atoms with Gasteiger partial charge in [-0.1, -0.05) is 6.07 Å². The maximum Gasteiger partial charge on any atom is 0.254 e. The third kappa shape index (κ3) is 4.80. The summed E-state index contributed by atoms with van der Waals surface area (Å²) in [6.07, 6.45) is 4.12. The topological polar surface area (TPSA) is 74.2 Å². The predicted molar refractivity (Wildman–Crippen MR) is 106 cm³/mol. The van der Waals surface area contributed by atoms with Gasteiger partial charge in [0.2, 0.25) is 5.95 Å². The smallest absolute Gasteiger partial charge is 0.254 e. The molecule has 1 atom stereocenters. The van der Waals surface area contributed by atoms with Crippen LogP contribution in [0.4, 0.5) is 5.95 Å². The molecule has 1 N–H and O–H groups in total. The lowest BCUT2D eigenvalue weighted by Gasteiger charge is -2.32.